The molecule has 0 atom stereocenters. The molecule has 0 unspecified atom stereocenters. The van der Waals surface area contributed by atoms with Gasteiger partial charge in [0.05, 0.1) is 0 Å². The molecular weight excluding hydrogens is 298 g/mol. The molecule has 1 fully saturated rings. The SMILES string of the molecule is CCn1cc(S(=O)(=O)N2CCNC(=O)CC2)cc1C(=O)O. The number of rotatable bonds is 4. The number of hydrogen-bond acceptors (Lipinski definition) is 4. The van der Waals surface area contributed by atoms with Crippen LogP contribution in [0.4, 0.5) is 0 Å². The lowest BCUT2D eigenvalue weighted by molar-refractivity contribution is -0.120. The number of aromatic carboxylic acids is 1. The molecule has 2 N–H and O–H groups in total. The summed E-state index contributed by atoms with van der Waals surface area (Å²) in [4.78, 5) is 22.3. The lowest BCUT2D eigenvalue weighted by atomic mass is 10.4. The van der Waals surface area contributed by atoms with E-state index in [4.69, 9.17) is 5.11 Å². The molecule has 1 saturated heterocycles. The number of hydrogen-bond donors (Lipinski definition) is 2. The number of aryl methyl sites for hydroxylation is 1. The van der Waals surface area contributed by atoms with Gasteiger partial charge in [0.1, 0.15) is 10.6 Å². The molecule has 2 heterocycles. The molecule has 21 heavy (non-hydrogen) atoms. The largest absolute Gasteiger partial charge is 0.477 e. The van der Waals surface area contributed by atoms with Crippen molar-refractivity contribution in [3.63, 3.8) is 0 Å². The van der Waals surface area contributed by atoms with E-state index in [1.807, 2.05) is 0 Å². The molecule has 0 saturated carbocycles. The first kappa shape index (κ1) is 15.5. The van der Waals surface area contributed by atoms with Crippen LogP contribution in [-0.2, 0) is 21.4 Å². The zero-order valence-corrected chi connectivity index (χ0v) is 12.4. The van der Waals surface area contributed by atoms with Crippen molar-refractivity contribution in [2.24, 2.45) is 0 Å². The van der Waals surface area contributed by atoms with Crippen LogP contribution in [0.3, 0.4) is 0 Å². The minimum absolute atomic E-state index is 0.0592. The Morgan fingerprint density at radius 3 is 2.71 bits per heavy atom. The highest BCUT2D eigenvalue weighted by atomic mass is 32.2. The third-order valence-electron chi connectivity index (χ3n) is 3.34. The van der Waals surface area contributed by atoms with E-state index >= 15 is 0 Å². The monoisotopic (exact) mass is 315 g/mol. The van der Waals surface area contributed by atoms with Gasteiger partial charge in [0.2, 0.25) is 15.9 Å². The van der Waals surface area contributed by atoms with E-state index in [1.165, 1.54) is 15.1 Å². The van der Waals surface area contributed by atoms with Crippen molar-refractivity contribution in [3.8, 4) is 0 Å². The first-order valence-corrected chi connectivity index (χ1v) is 8.00. The van der Waals surface area contributed by atoms with E-state index in [9.17, 15) is 18.0 Å². The quantitative estimate of drug-likeness (QED) is 0.794. The molecule has 1 aliphatic rings. The van der Waals surface area contributed by atoms with Crippen LogP contribution in [0.25, 0.3) is 0 Å². The second-order valence-corrected chi connectivity index (χ2v) is 6.59. The Balaban J connectivity index is 2.35. The van der Waals surface area contributed by atoms with Crippen LogP contribution in [-0.4, -0.2) is 53.9 Å². The summed E-state index contributed by atoms with van der Waals surface area (Å²) in [5.41, 5.74) is -0.0694. The lowest BCUT2D eigenvalue weighted by Crippen LogP contribution is -2.34. The molecule has 1 aliphatic heterocycles. The van der Waals surface area contributed by atoms with Gasteiger partial charge in [-0.15, -0.1) is 0 Å². The summed E-state index contributed by atoms with van der Waals surface area (Å²) in [6, 6.07) is 1.15. The van der Waals surface area contributed by atoms with Gasteiger partial charge in [0.25, 0.3) is 0 Å². The van der Waals surface area contributed by atoms with E-state index in [0.717, 1.165) is 6.07 Å². The molecule has 1 aromatic heterocycles. The van der Waals surface area contributed by atoms with Crippen LogP contribution in [0.5, 0.6) is 0 Å². The molecule has 9 heteroatoms. The Labute approximate surface area is 122 Å². The number of sulfonamides is 1. The predicted molar refractivity (Wildman–Crippen MR) is 73.5 cm³/mol. The standard InChI is InChI=1S/C12H17N3O5S/c1-2-14-8-9(7-10(14)12(17)18)21(19,20)15-5-3-11(16)13-4-6-15/h7-8H,2-6H2,1H3,(H,13,16)(H,17,18). The minimum Gasteiger partial charge on any atom is -0.477 e. The maximum absolute atomic E-state index is 12.5. The van der Waals surface area contributed by atoms with E-state index in [0.29, 0.717) is 6.54 Å². The highest BCUT2D eigenvalue weighted by Gasteiger charge is 2.29. The van der Waals surface area contributed by atoms with Gasteiger partial charge in [0.15, 0.2) is 0 Å². The van der Waals surface area contributed by atoms with Gasteiger partial charge in [-0.05, 0) is 13.0 Å². The summed E-state index contributed by atoms with van der Waals surface area (Å²) in [6.07, 6.45) is 1.42. The summed E-state index contributed by atoms with van der Waals surface area (Å²) in [5.74, 6) is -1.36. The van der Waals surface area contributed by atoms with Gasteiger partial charge in [-0.1, -0.05) is 0 Å². The molecule has 2 rings (SSSR count). The number of nitrogens with zero attached hydrogens (tertiary/aromatic N) is 2. The van der Waals surface area contributed by atoms with E-state index < -0.39 is 16.0 Å². The molecule has 0 bridgehead atoms. The van der Waals surface area contributed by atoms with Crippen LogP contribution in [0.1, 0.15) is 23.8 Å². The molecule has 0 radical (unpaired) electrons. The Hall–Kier alpha value is -1.87. The fourth-order valence-corrected chi connectivity index (χ4v) is 3.68. The maximum atomic E-state index is 12.5. The van der Waals surface area contributed by atoms with Crippen molar-refractivity contribution >= 4 is 21.9 Å². The predicted octanol–water partition coefficient (Wildman–Crippen LogP) is -0.283. The summed E-state index contributed by atoms with van der Waals surface area (Å²) in [6.45, 7) is 2.61. The van der Waals surface area contributed by atoms with Crippen LogP contribution < -0.4 is 5.32 Å². The van der Waals surface area contributed by atoms with Crippen molar-refractivity contribution in [1.82, 2.24) is 14.2 Å². The fourth-order valence-electron chi connectivity index (χ4n) is 2.20. The minimum atomic E-state index is -3.80. The Bertz CT molecular complexity index is 664. The van der Waals surface area contributed by atoms with Gasteiger partial charge >= 0.3 is 5.97 Å². The smallest absolute Gasteiger partial charge is 0.352 e. The molecule has 1 aromatic rings. The van der Waals surface area contributed by atoms with Crippen LogP contribution in [0.2, 0.25) is 0 Å². The molecule has 116 valence electrons. The summed E-state index contributed by atoms with van der Waals surface area (Å²) in [7, 11) is -3.80. The molecule has 8 nitrogen and oxygen atoms in total. The molecule has 0 aliphatic carbocycles. The molecule has 0 aromatic carbocycles. The first-order valence-electron chi connectivity index (χ1n) is 6.56. The summed E-state index contributed by atoms with van der Waals surface area (Å²) in [5, 5.41) is 11.7. The average Bonchev–Trinajstić information content (AvgIpc) is 2.76. The van der Waals surface area contributed by atoms with E-state index in [-0.39, 0.29) is 42.6 Å². The third-order valence-corrected chi connectivity index (χ3v) is 5.20. The molecule has 0 spiro atoms. The number of carboxylic acids is 1. The zero-order valence-electron chi connectivity index (χ0n) is 11.6. The molecular formula is C12H17N3O5S. The number of aromatic nitrogens is 1. The van der Waals surface area contributed by atoms with Gasteiger partial charge in [-0.25, -0.2) is 13.2 Å². The van der Waals surface area contributed by atoms with Crippen LogP contribution in [0, 0.1) is 0 Å². The van der Waals surface area contributed by atoms with Crippen molar-refractivity contribution in [2.45, 2.75) is 24.8 Å². The lowest BCUT2D eigenvalue weighted by Gasteiger charge is -2.18. The number of carbonyl (C=O) groups is 2. The number of nitrogens with one attached hydrogen (secondary N) is 1. The fraction of sp³-hybridized carbons (Fsp3) is 0.500. The van der Waals surface area contributed by atoms with Crippen molar-refractivity contribution < 1.29 is 23.1 Å². The van der Waals surface area contributed by atoms with Crippen molar-refractivity contribution in [1.29, 1.82) is 0 Å². The van der Waals surface area contributed by atoms with Gasteiger partial charge in [-0.2, -0.15) is 4.31 Å². The normalized spacial score (nSPS) is 17.3. The number of carboxylic acid groups (broad SMARTS) is 1. The zero-order chi connectivity index (χ0) is 15.6. The van der Waals surface area contributed by atoms with Gasteiger partial charge in [0, 0.05) is 38.8 Å². The topological polar surface area (TPSA) is 109 Å². The Morgan fingerprint density at radius 2 is 2.14 bits per heavy atom. The van der Waals surface area contributed by atoms with Crippen LogP contribution >= 0.6 is 0 Å². The highest BCUT2D eigenvalue weighted by Crippen LogP contribution is 2.20. The van der Waals surface area contributed by atoms with E-state index in [1.54, 1.807) is 6.92 Å². The van der Waals surface area contributed by atoms with Gasteiger partial charge in [-0.3, -0.25) is 4.79 Å². The Kier molecular flexibility index (Phi) is 4.33. The Morgan fingerprint density at radius 1 is 1.43 bits per heavy atom. The van der Waals surface area contributed by atoms with Crippen molar-refractivity contribution in [2.75, 3.05) is 19.6 Å². The van der Waals surface area contributed by atoms with E-state index in [2.05, 4.69) is 5.32 Å². The number of amides is 1. The number of carbonyl (C=O) groups excluding carboxylic acids is 1. The van der Waals surface area contributed by atoms with Gasteiger partial charge < -0.3 is 15.0 Å². The maximum Gasteiger partial charge on any atom is 0.352 e. The molecule has 1 amide bonds. The highest BCUT2D eigenvalue weighted by molar-refractivity contribution is 7.89. The third kappa shape index (κ3) is 3.08. The second kappa shape index (κ2) is 5.86. The van der Waals surface area contributed by atoms with Crippen LogP contribution in [0.15, 0.2) is 17.2 Å². The second-order valence-electron chi connectivity index (χ2n) is 4.66. The summed E-state index contributed by atoms with van der Waals surface area (Å²) < 4.78 is 27.6. The van der Waals surface area contributed by atoms with Crippen molar-refractivity contribution in [3.05, 3.63) is 18.0 Å². The first-order chi connectivity index (χ1) is 9.86. The average molecular weight is 315 g/mol. The summed E-state index contributed by atoms with van der Waals surface area (Å²) >= 11 is 0.